The average molecular weight is 440 g/mol. The van der Waals surface area contributed by atoms with Gasteiger partial charge >= 0.3 is 5.97 Å². The van der Waals surface area contributed by atoms with Crippen molar-refractivity contribution in [3.8, 4) is 0 Å². The van der Waals surface area contributed by atoms with E-state index < -0.39 is 12.0 Å². The number of carbonyl (C=O) groups excluding carboxylic acids is 2. The Balaban J connectivity index is 1.88. The summed E-state index contributed by atoms with van der Waals surface area (Å²) in [7, 11) is 0. The lowest BCUT2D eigenvalue weighted by Crippen LogP contribution is -2.49. The van der Waals surface area contributed by atoms with Gasteiger partial charge in [0.15, 0.2) is 5.84 Å². The van der Waals surface area contributed by atoms with E-state index in [2.05, 4.69) is 21.4 Å². The number of carbonyl (C=O) groups is 2. The molecule has 0 bridgehead atoms. The lowest BCUT2D eigenvalue weighted by Gasteiger charge is -2.33. The van der Waals surface area contributed by atoms with Gasteiger partial charge in [0.2, 0.25) is 0 Å². The Kier molecular flexibility index (Phi) is 6.06. The number of benzene rings is 2. The molecule has 28 heavy (non-hydrogen) atoms. The fraction of sp³-hybridized carbons (Fsp3) is 0.0952. The number of amides is 1. The van der Waals surface area contributed by atoms with Crippen LogP contribution < -0.4 is 10.4 Å². The van der Waals surface area contributed by atoms with Crippen LogP contribution in [0.25, 0.3) is 12.2 Å². The van der Waals surface area contributed by atoms with Crippen LogP contribution in [-0.4, -0.2) is 23.8 Å². The molecule has 1 amide bonds. The molecular weight excluding hydrogens is 422 g/mol. The van der Waals surface area contributed by atoms with E-state index in [1.54, 1.807) is 12.2 Å². The van der Waals surface area contributed by atoms with Gasteiger partial charge in [-0.1, -0.05) is 58.4 Å². The monoisotopic (exact) mass is 439 g/mol. The highest BCUT2D eigenvalue weighted by atomic mass is 79.9. The Labute approximate surface area is 171 Å². The predicted octanol–water partition coefficient (Wildman–Crippen LogP) is 3.94. The summed E-state index contributed by atoms with van der Waals surface area (Å²) in [4.78, 5) is 30.2. The number of hydroxylamine groups is 1. The molecule has 6 nitrogen and oxygen atoms in total. The number of amidine groups is 1. The largest absolute Gasteiger partial charge is 0.343 e. The molecule has 1 aliphatic rings. The molecule has 0 saturated heterocycles. The Morgan fingerprint density at radius 1 is 1.18 bits per heavy atom. The van der Waals surface area contributed by atoms with Crippen molar-refractivity contribution in [1.29, 1.82) is 5.41 Å². The van der Waals surface area contributed by atoms with E-state index >= 15 is 0 Å². The maximum absolute atomic E-state index is 13.0. The van der Waals surface area contributed by atoms with Gasteiger partial charge in [0, 0.05) is 17.5 Å². The highest BCUT2D eigenvalue weighted by Crippen LogP contribution is 2.29. The second-order valence-electron chi connectivity index (χ2n) is 6.07. The van der Waals surface area contributed by atoms with Crippen molar-refractivity contribution >= 4 is 51.5 Å². The molecule has 2 aromatic carbocycles. The van der Waals surface area contributed by atoms with Crippen LogP contribution in [0.1, 0.15) is 18.1 Å². The fourth-order valence-corrected chi connectivity index (χ4v) is 3.03. The summed E-state index contributed by atoms with van der Waals surface area (Å²) in [5.74, 6) is -0.983. The Hall–Kier alpha value is -3.19. The topological polar surface area (TPSA) is 82.5 Å². The van der Waals surface area contributed by atoms with Crippen molar-refractivity contribution in [2.24, 2.45) is 0 Å². The van der Waals surface area contributed by atoms with E-state index in [4.69, 9.17) is 10.2 Å². The fourth-order valence-electron chi connectivity index (χ4n) is 2.77. The normalized spacial score (nSPS) is 15.2. The van der Waals surface area contributed by atoms with Crippen molar-refractivity contribution in [3.63, 3.8) is 0 Å². The van der Waals surface area contributed by atoms with Crippen LogP contribution in [0.2, 0.25) is 0 Å². The van der Waals surface area contributed by atoms with Crippen molar-refractivity contribution in [1.82, 2.24) is 5.48 Å². The van der Waals surface area contributed by atoms with Gasteiger partial charge in [0.1, 0.15) is 6.04 Å². The van der Waals surface area contributed by atoms with Crippen LogP contribution in [0.15, 0.2) is 65.2 Å². The van der Waals surface area contributed by atoms with Gasteiger partial charge in [-0.15, -0.1) is 0 Å². The summed E-state index contributed by atoms with van der Waals surface area (Å²) < 4.78 is 0.955. The average Bonchev–Trinajstić information content (AvgIpc) is 2.70. The van der Waals surface area contributed by atoms with E-state index in [1.807, 2.05) is 54.6 Å². The van der Waals surface area contributed by atoms with E-state index in [1.165, 1.54) is 17.9 Å². The van der Waals surface area contributed by atoms with E-state index in [0.29, 0.717) is 5.69 Å². The number of hydrogen-bond acceptors (Lipinski definition) is 4. The second-order valence-corrected chi connectivity index (χ2v) is 6.98. The van der Waals surface area contributed by atoms with Gasteiger partial charge in [-0.3, -0.25) is 19.9 Å². The molecule has 1 heterocycles. The Morgan fingerprint density at radius 3 is 2.61 bits per heavy atom. The molecule has 0 aromatic heterocycles. The number of nitrogens with zero attached hydrogens (tertiary/aromatic N) is 1. The smallest absolute Gasteiger partial charge is 0.329 e. The third-order valence-corrected chi connectivity index (χ3v) is 4.59. The number of rotatable bonds is 3. The minimum absolute atomic E-state index is 0.119. The Bertz CT molecular complexity index is 967. The molecule has 0 aliphatic carbocycles. The predicted molar refractivity (Wildman–Crippen MR) is 113 cm³/mol. The maximum Gasteiger partial charge on any atom is 0.329 e. The van der Waals surface area contributed by atoms with Crippen LogP contribution in [0.4, 0.5) is 5.69 Å². The van der Waals surface area contributed by atoms with Crippen molar-refractivity contribution in [2.45, 2.75) is 13.0 Å². The molecule has 3 rings (SSSR count). The summed E-state index contributed by atoms with van der Waals surface area (Å²) in [5.41, 5.74) is 4.72. The summed E-state index contributed by atoms with van der Waals surface area (Å²) in [6.07, 6.45) is 6.74. The lowest BCUT2D eigenvalue weighted by atomic mass is 10.0. The quantitative estimate of drug-likeness (QED) is 0.328. The third kappa shape index (κ3) is 4.55. The molecule has 142 valence electrons. The van der Waals surface area contributed by atoms with Gasteiger partial charge in [0.25, 0.3) is 5.91 Å². The third-order valence-electron chi connectivity index (χ3n) is 4.06. The van der Waals surface area contributed by atoms with Crippen LogP contribution in [0.5, 0.6) is 0 Å². The SMILES string of the molecule is CC(=O)ONC(=N)C1C=Cc2ccccc2N1C(=O)/C=C/c1ccc(Br)cc1. The number of halogens is 1. The lowest BCUT2D eigenvalue weighted by molar-refractivity contribution is -0.145. The van der Waals surface area contributed by atoms with E-state index in [0.717, 1.165) is 15.6 Å². The molecular formula is C21H18BrN3O3. The van der Waals surface area contributed by atoms with Crippen LogP contribution >= 0.6 is 15.9 Å². The van der Waals surface area contributed by atoms with Gasteiger partial charge < -0.3 is 4.84 Å². The van der Waals surface area contributed by atoms with Crippen molar-refractivity contribution in [3.05, 3.63) is 76.3 Å². The van der Waals surface area contributed by atoms with Gasteiger partial charge in [-0.2, -0.15) is 0 Å². The minimum atomic E-state index is -0.726. The number of hydrogen-bond donors (Lipinski definition) is 2. The number of nitrogens with one attached hydrogen (secondary N) is 2. The molecule has 0 saturated carbocycles. The zero-order valence-electron chi connectivity index (χ0n) is 15.1. The molecule has 0 spiro atoms. The first-order chi connectivity index (χ1) is 13.5. The Morgan fingerprint density at radius 2 is 1.89 bits per heavy atom. The minimum Gasteiger partial charge on any atom is -0.343 e. The molecule has 7 heteroatoms. The molecule has 0 fully saturated rings. The maximum atomic E-state index is 13.0. The van der Waals surface area contributed by atoms with Crippen molar-refractivity contribution in [2.75, 3.05) is 4.90 Å². The zero-order chi connectivity index (χ0) is 20.1. The summed E-state index contributed by atoms with van der Waals surface area (Å²) in [6.45, 7) is 1.23. The van der Waals surface area contributed by atoms with Crippen molar-refractivity contribution < 1.29 is 14.4 Å². The van der Waals surface area contributed by atoms with Crippen LogP contribution in [0.3, 0.4) is 0 Å². The highest BCUT2D eigenvalue weighted by molar-refractivity contribution is 9.10. The first kappa shape index (κ1) is 19.6. The summed E-state index contributed by atoms with van der Waals surface area (Å²) in [6, 6.07) is 14.3. The summed E-state index contributed by atoms with van der Waals surface area (Å²) >= 11 is 3.38. The standard InChI is InChI=1S/C21H18BrN3O3/c1-14(26)28-24-21(23)19-12-9-16-4-2-3-5-18(16)25(19)20(27)13-8-15-6-10-17(22)11-7-15/h2-13,19H,1H3,(H2,23,24)/b13-8+. The van der Waals surface area contributed by atoms with Crippen LogP contribution in [0, 0.1) is 5.41 Å². The highest BCUT2D eigenvalue weighted by Gasteiger charge is 2.30. The molecule has 1 atom stereocenters. The first-order valence-electron chi connectivity index (χ1n) is 8.51. The number of para-hydroxylation sites is 1. The molecule has 2 N–H and O–H groups in total. The second kappa shape index (κ2) is 8.67. The van der Waals surface area contributed by atoms with E-state index in [-0.39, 0.29) is 11.7 Å². The first-order valence-corrected chi connectivity index (χ1v) is 9.31. The van der Waals surface area contributed by atoms with E-state index in [9.17, 15) is 9.59 Å². The number of fused-ring (bicyclic) bond motifs is 1. The summed E-state index contributed by atoms with van der Waals surface area (Å²) in [5, 5.41) is 8.20. The van der Waals surface area contributed by atoms with Gasteiger partial charge in [0.05, 0.1) is 5.69 Å². The molecule has 0 radical (unpaired) electrons. The van der Waals surface area contributed by atoms with Gasteiger partial charge in [-0.05, 0) is 35.4 Å². The number of anilines is 1. The molecule has 1 unspecified atom stereocenters. The van der Waals surface area contributed by atoms with Crippen LogP contribution in [-0.2, 0) is 14.4 Å². The molecule has 2 aromatic rings. The molecule has 1 aliphatic heterocycles. The van der Waals surface area contributed by atoms with Gasteiger partial charge in [-0.25, -0.2) is 5.48 Å². The zero-order valence-corrected chi connectivity index (χ0v) is 16.6.